The van der Waals surface area contributed by atoms with Crippen molar-refractivity contribution in [2.75, 3.05) is 26.7 Å². The van der Waals surface area contributed by atoms with Gasteiger partial charge in [-0.2, -0.15) is 5.26 Å². The SMILES string of the molecule is COc1ccccc1C(=O)NCC1(c2cccc(Cl)c2)CCN(C(=NC#N)Oc2ccccc2)CC1. The number of amidine groups is 1. The van der Waals surface area contributed by atoms with Crippen LogP contribution < -0.4 is 14.8 Å². The number of halogens is 1. The lowest BCUT2D eigenvalue weighted by atomic mass is 9.72. The standard InChI is InChI=1S/C28H27ClN4O3/c1-35-25-13-6-5-12-24(25)26(34)31-19-28(21-8-7-9-22(29)18-21)14-16-33(17-15-28)27(32-20-30)36-23-10-3-2-4-11-23/h2-13,18H,14-17,19H2,1H3,(H,31,34). The number of hydrogen-bond donors (Lipinski definition) is 1. The summed E-state index contributed by atoms with van der Waals surface area (Å²) < 4.78 is 11.3. The van der Waals surface area contributed by atoms with Crippen LogP contribution in [0.15, 0.2) is 83.9 Å². The summed E-state index contributed by atoms with van der Waals surface area (Å²) in [5, 5.41) is 13.0. The van der Waals surface area contributed by atoms with Crippen LogP contribution in [0.1, 0.15) is 28.8 Å². The third-order valence-corrected chi connectivity index (χ3v) is 6.70. The Kier molecular flexibility index (Phi) is 8.09. The Hall–Kier alpha value is -4.02. The molecule has 0 saturated carbocycles. The van der Waals surface area contributed by atoms with Crippen LogP contribution in [0.5, 0.6) is 11.5 Å². The number of carbonyl (C=O) groups is 1. The van der Waals surface area contributed by atoms with Crippen LogP contribution in [0, 0.1) is 11.5 Å². The van der Waals surface area contributed by atoms with Gasteiger partial charge in [0.05, 0.1) is 12.7 Å². The van der Waals surface area contributed by atoms with Crippen LogP contribution in [0.3, 0.4) is 0 Å². The number of piperidine rings is 1. The molecule has 1 amide bonds. The minimum Gasteiger partial charge on any atom is -0.496 e. The van der Waals surface area contributed by atoms with Gasteiger partial charge in [-0.3, -0.25) is 4.79 Å². The van der Waals surface area contributed by atoms with E-state index in [2.05, 4.69) is 10.3 Å². The molecule has 1 aliphatic rings. The lowest BCUT2D eigenvalue weighted by Crippen LogP contribution is -2.51. The molecular formula is C28H27ClN4O3. The first-order chi connectivity index (χ1) is 17.5. The number of hydrogen-bond acceptors (Lipinski definition) is 5. The van der Waals surface area contributed by atoms with Crippen LogP contribution >= 0.6 is 11.6 Å². The zero-order valence-electron chi connectivity index (χ0n) is 20.0. The quantitative estimate of drug-likeness (QED) is 0.290. The van der Waals surface area contributed by atoms with E-state index in [4.69, 9.17) is 21.1 Å². The Labute approximate surface area is 215 Å². The summed E-state index contributed by atoms with van der Waals surface area (Å²) >= 11 is 6.35. The molecule has 4 rings (SSSR count). The van der Waals surface area contributed by atoms with E-state index in [1.807, 2.05) is 77.8 Å². The molecule has 1 N–H and O–H groups in total. The van der Waals surface area contributed by atoms with E-state index >= 15 is 0 Å². The van der Waals surface area contributed by atoms with Gasteiger partial charge in [-0.15, -0.1) is 4.99 Å². The first kappa shape index (κ1) is 25.1. The number of likely N-dealkylation sites (tertiary alicyclic amines) is 1. The van der Waals surface area contributed by atoms with E-state index in [0.29, 0.717) is 54.6 Å². The van der Waals surface area contributed by atoms with Gasteiger partial charge in [0.1, 0.15) is 11.5 Å². The molecule has 1 saturated heterocycles. The summed E-state index contributed by atoms with van der Waals surface area (Å²) in [5.41, 5.74) is 1.18. The second-order valence-corrected chi connectivity index (χ2v) is 9.01. The maximum atomic E-state index is 13.1. The first-order valence-electron chi connectivity index (χ1n) is 11.7. The minimum atomic E-state index is -0.358. The number of methoxy groups -OCH3 is 1. The molecule has 1 fully saturated rings. The maximum absolute atomic E-state index is 13.1. The number of carbonyl (C=O) groups excluding carboxylic acids is 1. The number of para-hydroxylation sites is 2. The highest BCUT2D eigenvalue weighted by atomic mass is 35.5. The molecule has 1 aliphatic heterocycles. The van der Waals surface area contributed by atoms with Crippen molar-refractivity contribution in [3.05, 3.63) is 95.0 Å². The van der Waals surface area contributed by atoms with Gasteiger partial charge in [0.2, 0.25) is 6.19 Å². The summed E-state index contributed by atoms with van der Waals surface area (Å²) in [6, 6.07) is 24.4. The van der Waals surface area contributed by atoms with E-state index in [9.17, 15) is 10.1 Å². The molecule has 7 nitrogen and oxygen atoms in total. The van der Waals surface area contributed by atoms with Gasteiger partial charge in [-0.1, -0.05) is 54.1 Å². The third-order valence-electron chi connectivity index (χ3n) is 6.46. The van der Waals surface area contributed by atoms with Crippen LogP contribution in [0.2, 0.25) is 5.02 Å². The van der Waals surface area contributed by atoms with E-state index in [0.717, 1.165) is 5.56 Å². The number of aliphatic imine (C=N–C) groups is 1. The summed E-state index contributed by atoms with van der Waals surface area (Å²) in [7, 11) is 1.55. The third kappa shape index (κ3) is 5.78. The number of nitrogens with zero attached hydrogens (tertiary/aromatic N) is 3. The largest absolute Gasteiger partial charge is 0.496 e. The van der Waals surface area contributed by atoms with Crippen molar-refractivity contribution in [1.29, 1.82) is 5.26 Å². The Balaban J connectivity index is 1.54. The van der Waals surface area contributed by atoms with Crippen LogP contribution in [0.25, 0.3) is 0 Å². The first-order valence-corrected chi connectivity index (χ1v) is 12.0. The number of nitrogens with one attached hydrogen (secondary N) is 1. The second-order valence-electron chi connectivity index (χ2n) is 8.57. The van der Waals surface area contributed by atoms with Crippen LogP contribution in [-0.2, 0) is 5.41 Å². The molecular weight excluding hydrogens is 476 g/mol. The lowest BCUT2D eigenvalue weighted by molar-refractivity contribution is 0.0927. The summed E-state index contributed by atoms with van der Waals surface area (Å²) in [4.78, 5) is 19.0. The number of rotatable bonds is 6. The van der Waals surface area contributed by atoms with Gasteiger partial charge in [-0.25, -0.2) is 0 Å². The van der Waals surface area contributed by atoms with Gasteiger partial charge in [0, 0.05) is 30.1 Å². The summed E-state index contributed by atoms with van der Waals surface area (Å²) in [6.45, 7) is 1.59. The van der Waals surface area contributed by atoms with Gasteiger partial charge >= 0.3 is 6.02 Å². The number of ether oxygens (including phenoxy) is 2. The topological polar surface area (TPSA) is 87.0 Å². The molecule has 0 aromatic heterocycles. The van der Waals surface area contributed by atoms with Crippen molar-refractivity contribution in [1.82, 2.24) is 10.2 Å². The van der Waals surface area contributed by atoms with Crippen molar-refractivity contribution in [2.45, 2.75) is 18.3 Å². The highest BCUT2D eigenvalue weighted by Gasteiger charge is 2.38. The van der Waals surface area contributed by atoms with Gasteiger partial charge in [-0.05, 0) is 54.8 Å². The molecule has 0 unspecified atom stereocenters. The fraction of sp³-hybridized carbons (Fsp3) is 0.250. The molecule has 3 aromatic rings. The molecule has 0 aliphatic carbocycles. The molecule has 36 heavy (non-hydrogen) atoms. The number of nitriles is 1. The molecule has 1 heterocycles. The monoisotopic (exact) mass is 502 g/mol. The van der Waals surface area contributed by atoms with Crippen molar-refractivity contribution >= 4 is 23.5 Å². The van der Waals surface area contributed by atoms with E-state index in [1.54, 1.807) is 19.2 Å². The Morgan fingerprint density at radius 1 is 1.08 bits per heavy atom. The van der Waals surface area contributed by atoms with Crippen molar-refractivity contribution < 1.29 is 14.3 Å². The molecule has 0 radical (unpaired) electrons. The van der Waals surface area contributed by atoms with E-state index < -0.39 is 0 Å². The lowest BCUT2D eigenvalue weighted by Gasteiger charge is -2.42. The van der Waals surface area contributed by atoms with Crippen molar-refractivity contribution in [3.63, 3.8) is 0 Å². The zero-order valence-corrected chi connectivity index (χ0v) is 20.7. The highest BCUT2D eigenvalue weighted by molar-refractivity contribution is 6.30. The average Bonchev–Trinajstić information content (AvgIpc) is 2.92. The summed E-state index contributed by atoms with van der Waals surface area (Å²) in [5.74, 6) is 0.940. The Morgan fingerprint density at radius 2 is 1.81 bits per heavy atom. The number of benzene rings is 3. The van der Waals surface area contributed by atoms with E-state index in [1.165, 1.54) is 0 Å². The van der Waals surface area contributed by atoms with Gasteiger partial charge in [0.25, 0.3) is 5.91 Å². The predicted octanol–water partition coefficient (Wildman–Crippen LogP) is 5.03. The fourth-order valence-electron chi connectivity index (χ4n) is 4.48. The molecule has 184 valence electrons. The van der Waals surface area contributed by atoms with Crippen molar-refractivity contribution in [3.8, 4) is 17.7 Å². The Bertz CT molecular complexity index is 1270. The molecule has 0 spiro atoms. The average molecular weight is 503 g/mol. The predicted molar refractivity (Wildman–Crippen MR) is 139 cm³/mol. The van der Waals surface area contributed by atoms with Crippen molar-refractivity contribution in [2.24, 2.45) is 4.99 Å². The second kappa shape index (κ2) is 11.6. The molecule has 0 bridgehead atoms. The minimum absolute atomic E-state index is 0.199. The smallest absolute Gasteiger partial charge is 0.308 e. The Morgan fingerprint density at radius 3 is 2.50 bits per heavy atom. The van der Waals surface area contributed by atoms with Gasteiger partial charge in [0.15, 0.2) is 0 Å². The molecule has 0 atom stereocenters. The molecule has 8 heteroatoms. The zero-order chi connectivity index (χ0) is 25.4. The fourth-order valence-corrected chi connectivity index (χ4v) is 4.67. The van der Waals surface area contributed by atoms with Crippen LogP contribution in [-0.4, -0.2) is 43.6 Å². The van der Waals surface area contributed by atoms with Gasteiger partial charge < -0.3 is 19.7 Å². The highest BCUT2D eigenvalue weighted by Crippen LogP contribution is 2.36. The van der Waals surface area contributed by atoms with Crippen LogP contribution in [0.4, 0.5) is 0 Å². The van der Waals surface area contributed by atoms with E-state index in [-0.39, 0.29) is 17.3 Å². The normalized spacial score (nSPS) is 15.0. The maximum Gasteiger partial charge on any atom is 0.308 e. The molecule has 3 aromatic carbocycles. The summed E-state index contributed by atoms with van der Waals surface area (Å²) in [6.07, 6.45) is 3.24. The number of amides is 1.